The van der Waals surface area contributed by atoms with Crippen LogP contribution in [0.4, 0.5) is 15.8 Å². The van der Waals surface area contributed by atoms with Gasteiger partial charge in [-0.3, -0.25) is 4.79 Å². The van der Waals surface area contributed by atoms with Crippen LogP contribution in [-0.4, -0.2) is 26.9 Å². The number of nitrogens with two attached hydrogens (primary N) is 1. The predicted molar refractivity (Wildman–Crippen MR) is 122 cm³/mol. The molecule has 1 aliphatic rings. The molecule has 3 aromatic rings. The number of rotatable bonds is 7. The van der Waals surface area contributed by atoms with Crippen LogP contribution in [0.15, 0.2) is 83.8 Å². The zero-order valence-electron chi connectivity index (χ0n) is 17.2. The van der Waals surface area contributed by atoms with Gasteiger partial charge in [-0.25, -0.2) is 17.9 Å². The lowest BCUT2D eigenvalue weighted by molar-refractivity contribution is -0.126. The molecule has 4 rings (SSSR count). The number of carbonyl (C=O) groups is 1. The van der Waals surface area contributed by atoms with Crippen LogP contribution < -0.4 is 25.2 Å². The molecular weight excluding hydrogens is 449 g/mol. The number of hydrogen-bond donors (Lipinski definition) is 3. The first-order valence-corrected chi connectivity index (χ1v) is 11.3. The van der Waals surface area contributed by atoms with E-state index in [1.807, 2.05) is 12.1 Å². The van der Waals surface area contributed by atoms with Gasteiger partial charge in [0.1, 0.15) is 11.5 Å². The summed E-state index contributed by atoms with van der Waals surface area (Å²) < 4.78 is 46.9. The molecule has 1 unspecified atom stereocenters. The number of fused-ring (bicyclic) bond motifs is 1. The van der Waals surface area contributed by atoms with Crippen LogP contribution in [0.25, 0.3) is 6.08 Å². The lowest BCUT2D eigenvalue weighted by Gasteiger charge is -2.35. The molecule has 33 heavy (non-hydrogen) atoms. The van der Waals surface area contributed by atoms with Crippen LogP contribution >= 0.6 is 0 Å². The maximum Gasteiger partial charge on any atom is 0.294 e. The van der Waals surface area contributed by atoms with E-state index >= 15 is 0 Å². The number of primary sulfonamides is 1. The second kappa shape index (κ2) is 8.93. The zero-order chi connectivity index (χ0) is 23.5. The number of hydrogen-bond acceptors (Lipinski definition) is 6. The first-order chi connectivity index (χ1) is 15.8. The van der Waals surface area contributed by atoms with Crippen molar-refractivity contribution in [3.63, 3.8) is 0 Å². The lowest BCUT2D eigenvalue weighted by Crippen LogP contribution is -2.54. The van der Waals surface area contributed by atoms with Gasteiger partial charge in [-0.1, -0.05) is 36.4 Å². The summed E-state index contributed by atoms with van der Waals surface area (Å²) in [4.78, 5) is 13.3. The van der Waals surface area contributed by atoms with Gasteiger partial charge < -0.3 is 20.1 Å². The highest BCUT2D eigenvalue weighted by Crippen LogP contribution is 2.33. The molecule has 0 aromatic heterocycles. The number of halogens is 1. The smallest absolute Gasteiger partial charge is 0.294 e. The Bertz CT molecular complexity index is 1330. The van der Waals surface area contributed by atoms with Crippen LogP contribution in [-0.2, 0) is 14.8 Å². The number of amides is 1. The molecule has 0 fully saturated rings. The van der Waals surface area contributed by atoms with Crippen LogP contribution in [0, 0.1) is 0 Å². The Labute approximate surface area is 189 Å². The fourth-order valence-electron chi connectivity index (χ4n) is 3.29. The Balaban J connectivity index is 1.69. The van der Waals surface area contributed by atoms with E-state index in [9.17, 15) is 17.6 Å². The molecule has 4 N–H and O–H groups in total. The van der Waals surface area contributed by atoms with E-state index in [-0.39, 0.29) is 22.1 Å². The minimum atomic E-state index is -3.96. The number of nitrogens with one attached hydrogen (secondary N) is 2. The molecule has 0 bridgehead atoms. The Morgan fingerprint density at radius 3 is 2.58 bits per heavy atom. The molecule has 0 radical (unpaired) electrons. The second-order valence-electron chi connectivity index (χ2n) is 7.14. The van der Waals surface area contributed by atoms with Crippen LogP contribution in [0.1, 0.15) is 5.56 Å². The molecule has 0 saturated heterocycles. The molecule has 0 saturated carbocycles. The standard InChI is InChI=1S/C23H20FN3O5S/c24-15-31-18-7-4-8-19(14-18)32-23(12-11-16-5-1-2-10-21(16)27-23)22(28)26-17-6-3-9-20(13-17)33(25,29)30/h1-14,27H,15H2,(H,26,28)(H2,25,29,30). The Hall–Kier alpha value is -3.89. The molecule has 8 nitrogen and oxygen atoms in total. The lowest BCUT2D eigenvalue weighted by atomic mass is 10.0. The minimum absolute atomic E-state index is 0.149. The van der Waals surface area contributed by atoms with E-state index in [0.29, 0.717) is 5.69 Å². The monoisotopic (exact) mass is 469 g/mol. The summed E-state index contributed by atoms with van der Waals surface area (Å²) in [7, 11) is -3.96. The average Bonchev–Trinajstić information content (AvgIpc) is 2.79. The van der Waals surface area contributed by atoms with Crippen molar-refractivity contribution in [1.82, 2.24) is 0 Å². The number of benzene rings is 3. The summed E-state index contributed by atoms with van der Waals surface area (Å²) >= 11 is 0. The van der Waals surface area contributed by atoms with Gasteiger partial charge in [-0.2, -0.15) is 0 Å². The molecule has 0 aliphatic carbocycles. The van der Waals surface area contributed by atoms with Crippen molar-refractivity contribution < 1.29 is 27.1 Å². The number of para-hydroxylation sites is 1. The molecule has 1 heterocycles. The number of carbonyl (C=O) groups excluding carboxylic acids is 1. The normalized spacial score (nSPS) is 16.9. The highest BCUT2D eigenvalue weighted by molar-refractivity contribution is 7.89. The van der Waals surface area contributed by atoms with Crippen molar-refractivity contribution in [2.75, 3.05) is 17.5 Å². The Kier molecular flexibility index (Phi) is 6.03. The molecule has 1 aliphatic heterocycles. The van der Waals surface area contributed by atoms with Gasteiger partial charge in [0.05, 0.1) is 4.90 Å². The van der Waals surface area contributed by atoms with E-state index in [2.05, 4.69) is 10.6 Å². The molecule has 0 spiro atoms. The van der Waals surface area contributed by atoms with Crippen molar-refractivity contribution in [3.8, 4) is 11.5 Å². The third-order valence-electron chi connectivity index (χ3n) is 4.84. The fraction of sp³-hybridized carbons (Fsp3) is 0.0870. The van der Waals surface area contributed by atoms with Gasteiger partial charge in [-0.05, 0) is 48.0 Å². The third kappa shape index (κ3) is 4.97. The number of alkyl halides is 1. The summed E-state index contributed by atoms with van der Waals surface area (Å²) in [5.41, 5.74) is -0.0155. The maximum atomic E-state index is 13.5. The first kappa shape index (κ1) is 22.3. The fourth-order valence-corrected chi connectivity index (χ4v) is 3.85. The minimum Gasteiger partial charge on any atom is -0.463 e. The number of sulfonamides is 1. The molecule has 10 heteroatoms. The molecule has 170 valence electrons. The van der Waals surface area contributed by atoms with E-state index in [1.54, 1.807) is 36.4 Å². The maximum absolute atomic E-state index is 13.5. The van der Waals surface area contributed by atoms with Gasteiger partial charge in [0.25, 0.3) is 11.6 Å². The average molecular weight is 469 g/mol. The van der Waals surface area contributed by atoms with Crippen LogP contribution in [0.5, 0.6) is 11.5 Å². The topological polar surface area (TPSA) is 120 Å². The number of ether oxygens (including phenoxy) is 2. The van der Waals surface area contributed by atoms with Crippen molar-refractivity contribution >= 4 is 33.4 Å². The van der Waals surface area contributed by atoms with Crippen molar-refractivity contribution in [2.45, 2.75) is 10.6 Å². The highest BCUT2D eigenvalue weighted by Gasteiger charge is 2.41. The van der Waals surface area contributed by atoms with E-state index < -0.39 is 28.5 Å². The van der Waals surface area contributed by atoms with E-state index in [4.69, 9.17) is 14.6 Å². The molecule has 3 aromatic carbocycles. The zero-order valence-corrected chi connectivity index (χ0v) is 18.0. The van der Waals surface area contributed by atoms with Crippen molar-refractivity contribution in [1.29, 1.82) is 0 Å². The summed E-state index contributed by atoms with van der Waals surface area (Å²) in [5, 5.41) is 11.0. The van der Waals surface area contributed by atoms with Gasteiger partial charge in [0, 0.05) is 17.4 Å². The van der Waals surface area contributed by atoms with Gasteiger partial charge in [0.2, 0.25) is 16.9 Å². The van der Waals surface area contributed by atoms with Crippen LogP contribution in [0.3, 0.4) is 0 Å². The van der Waals surface area contributed by atoms with E-state index in [0.717, 1.165) is 5.56 Å². The highest BCUT2D eigenvalue weighted by atomic mass is 32.2. The Morgan fingerprint density at radius 2 is 1.79 bits per heavy atom. The van der Waals surface area contributed by atoms with E-state index in [1.165, 1.54) is 36.4 Å². The molecule has 1 atom stereocenters. The SMILES string of the molecule is NS(=O)(=O)c1cccc(NC(=O)C2(Oc3cccc(OCF)c3)C=Cc3ccccc3N2)c1. The summed E-state index contributed by atoms with van der Waals surface area (Å²) in [6.07, 6.45) is 3.27. The summed E-state index contributed by atoms with van der Waals surface area (Å²) in [6.45, 7) is -1.01. The predicted octanol–water partition coefficient (Wildman–Crippen LogP) is 3.49. The summed E-state index contributed by atoms with van der Waals surface area (Å²) in [5.74, 6) is -0.158. The Morgan fingerprint density at radius 1 is 1.03 bits per heavy atom. The molecule has 1 amide bonds. The second-order valence-corrected chi connectivity index (χ2v) is 8.70. The van der Waals surface area contributed by atoms with Gasteiger partial charge in [-0.15, -0.1) is 0 Å². The van der Waals surface area contributed by atoms with Gasteiger partial charge >= 0.3 is 0 Å². The largest absolute Gasteiger partial charge is 0.463 e. The third-order valence-corrected chi connectivity index (χ3v) is 5.75. The van der Waals surface area contributed by atoms with Crippen LogP contribution in [0.2, 0.25) is 0 Å². The number of anilines is 2. The van der Waals surface area contributed by atoms with Crippen molar-refractivity contribution in [2.24, 2.45) is 5.14 Å². The first-order valence-electron chi connectivity index (χ1n) is 9.78. The van der Waals surface area contributed by atoms with Gasteiger partial charge in [0.15, 0.2) is 0 Å². The quantitative estimate of drug-likeness (QED) is 0.487. The van der Waals surface area contributed by atoms with Crippen molar-refractivity contribution in [3.05, 3.63) is 84.4 Å². The summed E-state index contributed by atoms with van der Waals surface area (Å²) in [6, 6.07) is 19.1. The molecular formula is C23H20FN3O5S.